The van der Waals surface area contributed by atoms with E-state index < -0.39 is 0 Å². The summed E-state index contributed by atoms with van der Waals surface area (Å²) < 4.78 is 12.0. The molecule has 2 fully saturated rings. The Kier molecular flexibility index (Phi) is 4.21. The molecule has 7 nitrogen and oxygen atoms in total. The minimum atomic E-state index is 0.0994. The van der Waals surface area contributed by atoms with Crippen LogP contribution in [0.25, 0.3) is 11.0 Å². The zero-order valence-electron chi connectivity index (χ0n) is 17.4. The van der Waals surface area contributed by atoms with E-state index in [1.54, 1.807) is 6.33 Å². The highest BCUT2D eigenvalue weighted by Crippen LogP contribution is 2.41. The SMILES string of the molecule is Cc1ccc2c(c1)OCC(N1CC3COCC3C1)C2Nc1ncnc2[nH]c(C)cc12. The van der Waals surface area contributed by atoms with Crippen LogP contribution < -0.4 is 10.1 Å². The Morgan fingerprint density at radius 1 is 1.07 bits per heavy atom. The van der Waals surface area contributed by atoms with E-state index in [0.29, 0.717) is 18.4 Å². The number of likely N-dealkylation sites (tertiary alicyclic amines) is 1. The van der Waals surface area contributed by atoms with Gasteiger partial charge in [0, 0.05) is 36.2 Å². The zero-order chi connectivity index (χ0) is 20.2. The molecule has 2 saturated heterocycles. The van der Waals surface area contributed by atoms with Crippen LogP contribution in [0.5, 0.6) is 5.75 Å². The number of H-pyrrole nitrogens is 1. The van der Waals surface area contributed by atoms with Gasteiger partial charge in [-0.15, -0.1) is 0 Å². The van der Waals surface area contributed by atoms with Crippen molar-refractivity contribution < 1.29 is 9.47 Å². The maximum absolute atomic E-state index is 6.26. The number of hydrogen-bond donors (Lipinski definition) is 2. The molecule has 3 aliphatic heterocycles. The van der Waals surface area contributed by atoms with Gasteiger partial charge in [0.1, 0.15) is 30.1 Å². The Labute approximate surface area is 175 Å². The fourth-order valence-electron chi connectivity index (χ4n) is 5.32. The van der Waals surface area contributed by atoms with Crippen LogP contribution >= 0.6 is 0 Å². The number of nitrogens with one attached hydrogen (secondary N) is 2. The van der Waals surface area contributed by atoms with Gasteiger partial charge >= 0.3 is 0 Å². The predicted octanol–water partition coefficient (Wildman–Crippen LogP) is 3.07. The van der Waals surface area contributed by atoms with Crippen molar-refractivity contribution in [3.8, 4) is 5.75 Å². The lowest BCUT2D eigenvalue weighted by Gasteiger charge is -2.40. The van der Waals surface area contributed by atoms with Crippen molar-refractivity contribution in [2.45, 2.75) is 25.9 Å². The van der Waals surface area contributed by atoms with Gasteiger partial charge in [0.05, 0.1) is 30.7 Å². The monoisotopic (exact) mass is 405 g/mol. The molecule has 1 aromatic carbocycles. The van der Waals surface area contributed by atoms with Crippen LogP contribution in [0.3, 0.4) is 0 Å². The van der Waals surface area contributed by atoms with Crippen molar-refractivity contribution in [3.05, 3.63) is 47.4 Å². The lowest BCUT2D eigenvalue weighted by Crippen LogP contribution is -2.48. The van der Waals surface area contributed by atoms with Gasteiger partial charge in [0.25, 0.3) is 0 Å². The maximum Gasteiger partial charge on any atom is 0.143 e. The van der Waals surface area contributed by atoms with Crippen LogP contribution in [0.1, 0.15) is 22.9 Å². The number of anilines is 1. The first-order chi connectivity index (χ1) is 14.7. The standard InChI is InChI=1S/C23H27N5O2/c1-13-3-4-17-20(5-13)30-11-19(28-7-15-9-29-10-16(15)8-28)21(17)27-23-18-6-14(2)26-22(18)24-12-25-23/h3-6,12,15-16,19,21H,7-11H2,1-2H3,(H2,24,25,26,27). The van der Waals surface area contributed by atoms with E-state index in [1.807, 2.05) is 6.92 Å². The van der Waals surface area contributed by atoms with Crippen molar-refractivity contribution in [3.63, 3.8) is 0 Å². The molecule has 6 rings (SSSR count). The van der Waals surface area contributed by atoms with E-state index >= 15 is 0 Å². The van der Waals surface area contributed by atoms with Crippen LogP contribution in [-0.2, 0) is 4.74 Å². The molecule has 30 heavy (non-hydrogen) atoms. The molecule has 4 atom stereocenters. The quantitative estimate of drug-likeness (QED) is 0.698. The average molecular weight is 406 g/mol. The highest BCUT2D eigenvalue weighted by atomic mass is 16.5. The van der Waals surface area contributed by atoms with E-state index in [9.17, 15) is 0 Å². The summed E-state index contributed by atoms with van der Waals surface area (Å²) in [6, 6.07) is 8.97. The lowest BCUT2D eigenvalue weighted by atomic mass is 9.94. The second-order valence-electron chi connectivity index (χ2n) is 8.99. The largest absolute Gasteiger partial charge is 0.491 e. The van der Waals surface area contributed by atoms with Gasteiger partial charge in [-0.05, 0) is 31.5 Å². The predicted molar refractivity (Wildman–Crippen MR) is 115 cm³/mol. The van der Waals surface area contributed by atoms with E-state index in [2.05, 4.69) is 56.4 Å². The van der Waals surface area contributed by atoms with Gasteiger partial charge in [-0.3, -0.25) is 4.90 Å². The molecule has 0 saturated carbocycles. The van der Waals surface area contributed by atoms with Crippen LogP contribution in [0.2, 0.25) is 0 Å². The minimum Gasteiger partial charge on any atom is -0.491 e. The Bertz CT molecular complexity index is 1080. The van der Waals surface area contributed by atoms with Gasteiger partial charge in [0.2, 0.25) is 0 Å². The van der Waals surface area contributed by atoms with Crippen LogP contribution in [-0.4, -0.2) is 58.8 Å². The minimum absolute atomic E-state index is 0.0994. The summed E-state index contributed by atoms with van der Waals surface area (Å²) in [5, 5.41) is 4.81. The van der Waals surface area contributed by atoms with Gasteiger partial charge < -0.3 is 19.8 Å². The molecule has 0 aliphatic carbocycles. The molecule has 0 bridgehead atoms. The molecule has 0 spiro atoms. The first kappa shape index (κ1) is 18.2. The van der Waals surface area contributed by atoms with Crippen LogP contribution in [0, 0.1) is 25.7 Å². The number of benzene rings is 1. The van der Waals surface area contributed by atoms with E-state index in [0.717, 1.165) is 54.6 Å². The smallest absolute Gasteiger partial charge is 0.143 e. The van der Waals surface area contributed by atoms with Gasteiger partial charge in [-0.2, -0.15) is 0 Å². The first-order valence-electron chi connectivity index (χ1n) is 10.8. The van der Waals surface area contributed by atoms with Crippen molar-refractivity contribution in [1.29, 1.82) is 0 Å². The lowest BCUT2D eigenvalue weighted by molar-refractivity contribution is 0.0952. The van der Waals surface area contributed by atoms with Crippen molar-refractivity contribution in [1.82, 2.24) is 19.9 Å². The number of ether oxygens (including phenoxy) is 2. The summed E-state index contributed by atoms with van der Waals surface area (Å²) in [4.78, 5) is 14.9. The van der Waals surface area contributed by atoms with Crippen molar-refractivity contribution in [2.75, 3.05) is 38.2 Å². The van der Waals surface area contributed by atoms with E-state index in [1.165, 1.54) is 11.1 Å². The Morgan fingerprint density at radius 3 is 2.73 bits per heavy atom. The number of aromatic amines is 1. The number of aromatic nitrogens is 3. The van der Waals surface area contributed by atoms with Crippen LogP contribution in [0.4, 0.5) is 5.82 Å². The molecule has 3 aromatic rings. The molecule has 0 radical (unpaired) electrons. The van der Waals surface area contributed by atoms with Crippen molar-refractivity contribution >= 4 is 16.9 Å². The molecule has 2 N–H and O–H groups in total. The molecular formula is C23H27N5O2. The number of aryl methyl sites for hydroxylation is 2. The van der Waals surface area contributed by atoms with Gasteiger partial charge in [-0.25, -0.2) is 9.97 Å². The summed E-state index contributed by atoms with van der Waals surface area (Å²) in [6.45, 7) is 8.74. The second-order valence-corrected chi connectivity index (χ2v) is 8.99. The molecule has 4 unspecified atom stereocenters. The fourth-order valence-corrected chi connectivity index (χ4v) is 5.32. The maximum atomic E-state index is 6.26. The molecule has 0 amide bonds. The average Bonchev–Trinajstić information content (AvgIpc) is 3.42. The molecule has 2 aromatic heterocycles. The summed E-state index contributed by atoms with van der Waals surface area (Å²) in [5.41, 5.74) is 4.36. The number of nitrogens with zero attached hydrogens (tertiary/aromatic N) is 3. The first-order valence-corrected chi connectivity index (χ1v) is 10.8. The van der Waals surface area contributed by atoms with E-state index in [-0.39, 0.29) is 12.1 Å². The molecular weight excluding hydrogens is 378 g/mol. The normalized spacial score (nSPS) is 28.3. The third-order valence-electron chi connectivity index (χ3n) is 6.89. The highest BCUT2D eigenvalue weighted by molar-refractivity contribution is 5.87. The second kappa shape index (κ2) is 6.96. The Hall–Kier alpha value is -2.64. The number of rotatable bonds is 3. The third kappa shape index (κ3) is 2.96. The fraction of sp³-hybridized carbons (Fsp3) is 0.478. The number of fused-ring (bicyclic) bond motifs is 3. The van der Waals surface area contributed by atoms with Crippen molar-refractivity contribution in [2.24, 2.45) is 11.8 Å². The molecule has 5 heterocycles. The summed E-state index contributed by atoms with van der Waals surface area (Å²) in [5.74, 6) is 3.13. The highest BCUT2D eigenvalue weighted by Gasteiger charge is 2.44. The third-order valence-corrected chi connectivity index (χ3v) is 6.89. The summed E-state index contributed by atoms with van der Waals surface area (Å²) in [6.07, 6.45) is 1.63. The summed E-state index contributed by atoms with van der Waals surface area (Å²) in [7, 11) is 0. The molecule has 7 heteroatoms. The van der Waals surface area contributed by atoms with Crippen LogP contribution in [0.15, 0.2) is 30.6 Å². The summed E-state index contributed by atoms with van der Waals surface area (Å²) >= 11 is 0. The van der Waals surface area contributed by atoms with Gasteiger partial charge in [0.15, 0.2) is 0 Å². The Balaban J connectivity index is 1.38. The van der Waals surface area contributed by atoms with E-state index in [4.69, 9.17) is 9.47 Å². The Morgan fingerprint density at radius 2 is 1.90 bits per heavy atom. The molecule has 3 aliphatic rings. The number of hydrogen-bond acceptors (Lipinski definition) is 6. The zero-order valence-corrected chi connectivity index (χ0v) is 17.4. The topological polar surface area (TPSA) is 75.3 Å². The van der Waals surface area contributed by atoms with Gasteiger partial charge in [-0.1, -0.05) is 12.1 Å². The molecule has 156 valence electrons.